The Morgan fingerprint density at radius 3 is 2.25 bits per heavy atom. The Kier molecular flexibility index (Phi) is 3.61. The van der Waals surface area contributed by atoms with E-state index in [0.717, 1.165) is 10.5 Å². The predicted octanol–water partition coefficient (Wildman–Crippen LogP) is 2.29. The van der Waals surface area contributed by atoms with E-state index in [2.05, 4.69) is 0 Å². The fourth-order valence-electron chi connectivity index (χ4n) is 2.66. The summed E-state index contributed by atoms with van der Waals surface area (Å²) in [6, 6.07) is 3.27. The van der Waals surface area contributed by atoms with E-state index in [9.17, 15) is 19.5 Å². The van der Waals surface area contributed by atoms with Crippen LogP contribution in [0.2, 0.25) is 0 Å². The van der Waals surface area contributed by atoms with Crippen LogP contribution in [0, 0.1) is 19.8 Å². The molecule has 5 nitrogen and oxygen atoms in total. The van der Waals surface area contributed by atoms with Crippen LogP contribution in [-0.2, 0) is 9.59 Å². The van der Waals surface area contributed by atoms with Crippen LogP contribution >= 0.6 is 0 Å². The van der Waals surface area contributed by atoms with E-state index in [0.29, 0.717) is 5.56 Å². The molecule has 1 N–H and O–H groups in total. The number of aromatic carboxylic acids is 1. The van der Waals surface area contributed by atoms with Gasteiger partial charge in [-0.1, -0.05) is 13.0 Å². The molecule has 0 bridgehead atoms. The molecule has 0 unspecified atom stereocenters. The maximum absolute atomic E-state index is 12.1. The van der Waals surface area contributed by atoms with Crippen LogP contribution in [0.5, 0.6) is 0 Å². The highest BCUT2D eigenvalue weighted by Gasteiger charge is 2.34. The molecule has 0 atom stereocenters. The molecule has 1 fully saturated rings. The fourth-order valence-corrected chi connectivity index (χ4v) is 2.66. The minimum atomic E-state index is -1.13. The summed E-state index contributed by atoms with van der Waals surface area (Å²) in [5.74, 6) is -1.79. The second-order valence-electron chi connectivity index (χ2n) is 5.42. The highest BCUT2D eigenvalue weighted by atomic mass is 16.4. The minimum absolute atomic E-state index is 0.00115. The highest BCUT2D eigenvalue weighted by Crippen LogP contribution is 2.32. The Balaban J connectivity index is 2.60. The summed E-state index contributed by atoms with van der Waals surface area (Å²) in [4.78, 5) is 36.7. The second kappa shape index (κ2) is 5.07. The van der Waals surface area contributed by atoms with E-state index in [1.807, 2.05) is 6.92 Å². The van der Waals surface area contributed by atoms with E-state index >= 15 is 0 Å². The van der Waals surface area contributed by atoms with Gasteiger partial charge in [0.2, 0.25) is 11.8 Å². The Labute approximate surface area is 117 Å². The summed E-state index contributed by atoms with van der Waals surface area (Å²) < 4.78 is 0. The molecule has 1 heterocycles. The number of carboxylic acid groups (broad SMARTS) is 1. The Hall–Kier alpha value is -2.17. The first kappa shape index (κ1) is 14.2. The average Bonchev–Trinajstić information content (AvgIpc) is 2.29. The molecule has 1 aromatic carbocycles. The van der Waals surface area contributed by atoms with Crippen LogP contribution in [0.15, 0.2) is 12.1 Å². The molecular weight excluding hydrogens is 258 g/mol. The van der Waals surface area contributed by atoms with Crippen LogP contribution in [0.3, 0.4) is 0 Å². The van der Waals surface area contributed by atoms with Crippen molar-refractivity contribution in [2.75, 3.05) is 4.90 Å². The number of carbonyl (C=O) groups excluding carboxylic acids is 2. The molecule has 0 spiro atoms. The largest absolute Gasteiger partial charge is 0.478 e. The normalized spacial score (nSPS) is 16.6. The highest BCUT2D eigenvalue weighted by molar-refractivity contribution is 6.19. The molecule has 1 aromatic rings. The van der Waals surface area contributed by atoms with Crippen LogP contribution in [0.4, 0.5) is 5.69 Å². The van der Waals surface area contributed by atoms with Gasteiger partial charge in [0.05, 0.1) is 11.3 Å². The number of carbonyl (C=O) groups is 3. The number of carboxylic acids is 1. The van der Waals surface area contributed by atoms with Crippen molar-refractivity contribution in [2.45, 2.75) is 33.6 Å². The summed E-state index contributed by atoms with van der Waals surface area (Å²) >= 11 is 0. The molecule has 0 aromatic heterocycles. The lowest BCUT2D eigenvalue weighted by Gasteiger charge is -2.30. The van der Waals surface area contributed by atoms with Gasteiger partial charge in [-0.2, -0.15) is 0 Å². The van der Waals surface area contributed by atoms with E-state index in [1.165, 1.54) is 6.07 Å². The molecule has 2 rings (SSSR count). The van der Waals surface area contributed by atoms with Crippen molar-refractivity contribution < 1.29 is 19.5 Å². The quantitative estimate of drug-likeness (QED) is 0.840. The van der Waals surface area contributed by atoms with Crippen molar-refractivity contribution in [1.82, 2.24) is 0 Å². The number of rotatable bonds is 2. The topological polar surface area (TPSA) is 74.7 Å². The van der Waals surface area contributed by atoms with Crippen molar-refractivity contribution in [1.29, 1.82) is 0 Å². The summed E-state index contributed by atoms with van der Waals surface area (Å²) in [7, 11) is 0. The monoisotopic (exact) mass is 275 g/mol. The molecule has 106 valence electrons. The predicted molar refractivity (Wildman–Crippen MR) is 73.8 cm³/mol. The molecule has 0 saturated carbocycles. The molecule has 1 saturated heterocycles. The van der Waals surface area contributed by atoms with E-state index in [-0.39, 0.29) is 41.8 Å². The number of benzene rings is 1. The summed E-state index contributed by atoms with van der Waals surface area (Å²) in [6.45, 7) is 5.34. The molecule has 1 aliphatic heterocycles. The molecule has 5 heteroatoms. The number of nitrogens with zero attached hydrogens (tertiary/aromatic N) is 1. The summed E-state index contributed by atoms with van der Waals surface area (Å²) in [5.41, 5.74) is 1.62. The van der Waals surface area contributed by atoms with Gasteiger partial charge in [0.15, 0.2) is 0 Å². The Bertz CT molecular complexity index is 588. The van der Waals surface area contributed by atoms with E-state index in [1.54, 1.807) is 19.9 Å². The lowest BCUT2D eigenvalue weighted by Crippen LogP contribution is -2.44. The maximum Gasteiger partial charge on any atom is 0.337 e. The van der Waals surface area contributed by atoms with Crippen molar-refractivity contribution >= 4 is 23.5 Å². The van der Waals surface area contributed by atoms with Crippen molar-refractivity contribution in [2.24, 2.45) is 5.92 Å². The zero-order chi connectivity index (χ0) is 15.0. The number of aryl methyl sites for hydroxylation is 2. The van der Waals surface area contributed by atoms with Gasteiger partial charge in [-0.05, 0) is 37.0 Å². The lowest BCUT2D eigenvalue weighted by molar-refractivity contribution is -0.130. The number of piperidine rings is 1. The number of anilines is 1. The number of hydrogen-bond acceptors (Lipinski definition) is 3. The maximum atomic E-state index is 12.1. The minimum Gasteiger partial charge on any atom is -0.478 e. The first-order valence-electron chi connectivity index (χ1n) is 6.51. The summed E-state index contributed by atoms with van der Waals surface area (Å²) in [5, 5.41) is 9.32. The standard InChI is InChI=1S/C15H17NO4/c1-8-4-10(3)14(11(5-8)15(19)20)16-12(17)6-9(2)7-13(16)18/h4-5,9H,6-7H2,1-3H3,(H,19,20). The molecule has 20 heavy (non-hydrogen) atoms. The SMILES string of the molecule is Cc1cc(C)c(N2C(=O)CC(C)CC2=O)c(C(=O)O)c1. The molecule has 0 aliphatic carbocycles. The van der Waals surface area contributed by atoms with Gasteiger partial charge in [-0.3, -0.25) is 9.59 Å². The third kappa shape index (κ3) is 2.43. The fraction of sp³-hybridized carbons (Fsp3) is 0.400. The zero-order valence-corrected chi connectivity index (χ0v) is 11.8. The summed E-state index contributed by atoms with van der Waals surface area (Å²) in [6.07, 6.45) is 0.524. The Morgan fingerprint density at radius 1 is 1.20 bits per heavy atom. The van der Waals surface area contributed by atoms with Gasteiger partial charge in [0.1, 0.15) is 0 Å². The number of amides is 2. The van der Waals surface area contributed by atoms with Crippen LogP contribution < -0.4 is 4.90 Å². The molecular formula is C15H17NO4. The average molecular weight is 275 g/mol. The number of hydrogen-bond donors (Lipinski definition) is 1. The Morgan fingerprint density at radius 2 is 1.75 bits per heavy atom. The van der Waals surface area contributed by atoms with E-state index < -0.39 is 5.97 Å². The van der Waals surface area contributed by atoms with Crippen molar-refractivity contribution in [3.63, 3.8) is 0 Å². The van der Waals surface area contributed by atoms with Gasteiger partial charge in [-0.25, -0.2) is 9.69 Å². The van der Waals surface area contributed by atoms with Gasteiger partial charge < -0.3 is 5.11 Å². The molecule has 1 aliphatic rings. The molecule has 0 radical (unpaired) electrons. The second-order valence-corrected chi connectivity index (χ2v) is 5.42. The number of imide groups is 1. The van der Waals surface area contributed by atoms with E-state index in [4.69, 9.17) is 0 Å². The van der Waals surface area contributed by atoms with Crippen LogP contribution in [0.25, 0.3) is 0 Å². The first-order valence-corrected chi connectivity index (χ1v) is 6.51. The van der Waals surface area contributed by atoms with Crippen molar-refractivity contribution in [3.8, 4) is 0 Å². The van der Waals surface area contributed by atoms with Gasteiger partial charge in [-0.15, -0.1) is 0 Å². The smallest absolute Gasteiger partial charge is 0.337 e. The first-order chi connectivity index (χ1) is 9.31. The van der Waals surface area contributed by atoms with Crippen LogP contribution in [-0.4, -0.2) is 22.9 Å². The van der Waals surface area contributed by atoms with Crippen molar-refractivity contribution in [3.05, 3.63) is 28.8 Å². The third-order valence-corrected chi connectivity index (χ3v) is 3.44. The zero-order valence-electron chi connectivity index (χ0n) is 11.8. The third-order valence-electron chi connectivity index (χ3n) is 3.44. The van der Waals surface area contributed by atoms with Crippen LogP contribution in [0.1, 0.15) is 41.3 Å². The van der Waals surface area contributed by atoms with Gasteiger partial charge >= 0.3 is 5.97 Å². The van der Waals surface area contributed by atoms with Gasteiger partial charge in [0.25, 0.3) is 0 Å². The molecule has 2 amide bonds. The lowest BCUT2D eigenvalue weighted by atomic mass is 9.95. The van der Waals surface area contributed by atoms with Gasteiger partial charge in [0, 0.05) is 12.8 Å².